The Balaban J connectivity index is 1.63. The molecule has 1 amide bonds. The van der Waals surface area contributed by atoms with E-state index in [1.165, 1.54) is 0 Å². The van der Waals surface area contributed by atoms with E-state index in [1.54, 1.807) is 13.2 Å². The molecule has 2 heterocycles. The van der Waals surface area contributed by atoms with Crippen LogP contribution >= 0.6 is 0 Å². The Morgan fingerprint density at radius 1 is 1.19 bits per heavy atom. The third-order valence-corrected chi connectivity index (χ3v) is 4.56. The number of methoxy groups -OCH3 is 1. The molecule has 0 unspecified atom stereocenters. The van der Waals surface area contributed by atoms with Crippen molar-refractivity contribution < 1.29 is 13.9 Å². The van der Waals surface area contributed by atoms with E-state index >= 15 is 0 Å². The zero-order valence-electron chi connectivity index (χ0n) is 15.0. The number of benzene rings is 1. The Kier molecular flexibility index (Phi) is 6.05. The quantitative estimate of drug-likeness (QED) is 0.826. The number of carbonyl (C=O) groups is 1. The van der Waals surface area contributed by atoms with Crippen LogP contribution in [0.1, 0.15) is 17.7 Å². The van der Waals surface area contributed by atoms with Crippen molar-refractivity contribution >= 4 is 5.91 Å². The molecule has 26 heavy (non-hydrogen) atoms. The van der Waals surface area contributed by atoms with E-state index in [2.05, 4.69) is 11.0 Å². The SMILES string of the molecule is COCC(=O)N1CCCN(Cc2ccc(-c3ccccc3C#N)o2)CC1. The second kappa shape index (κ2) is 8.65. The van der Waals surface area contributed by atoms with Crippen LogP contribution in [0.2, 0.25) is 0 Å². The lowest BCUT2D eigenvalue weighted by molar-refractivity contribution is -0.135. The van der Waals surface area contributed by atoms with Crippen LogP contribution in [-0.4, -0.2) is 55.6 Å². The van der Waals surface area contributed by atoms with E-state index in [1.807, 2.05) is 35.2 Å². The number of hydrogen-bond acceptors (Lipinski definition) is 5. The highest BCUT2D eigenvalue weighted by Crippen LogP contribution is 2.26. The van der Waals surface area contributed by atoms with Crippen LogP contribution < -0.4 is 0 Å². The number of furan rings is 1. The molecule has 2 aromatic rings. The van der Waals surface area contributed by atoms with Crippen molar-refractivity contribution in [1.29, 1.82) is 5.26 Å². The van der Waals surface area contributed by atoms with E-state index in [9.17, 15) is 10.1 Å². The van der Waals surface area contributed by atoms with Gasteiger partial charge in [-0.2, -0.15) is 5.26 Å². The minimum atomic E-state index is 0.0442. The van der Waals surface area contributed by atoms with Gasteiger partial charge in [0.2, 0.25) is 5.91 Å². The average Bonchev–Trinajstić information content (AvgIpc) is 2.99. The summed E-state index contributed by atoms with van der Waals surface area (Å²) in [4.78, 5) is 16.1. The number of ether oxygens (including phenoxy) is 1. The predicted octanol–water partition coefficient (Wildman–Crippen LogP) is 2.50. The highest BCUT2D eigenvalue weighted by atomic mass is 16.5. The monoisotopic (exact) mass is 353 g/mol. The second-order valence-electron chi connectivity index (χ2n) is 6.37. The summed E-state index contributed by atoms with van der Waals surface area (Å²) in [6.45, 7) is 4.02. The largest absolute Gasteiger partial charge is 0.460 e. The first-order valence-corrected chi connectivity index (χ1v) is 8.78. The molecule has 136 valence electrons. The molecule has 0 bridgehead atoms. The molecule has 6 nitrogen and oxygen atoms in total. The number of rotatable bonds is 5. The van der Waals surface area contributed by atoms with E-state index in [-0.39, 0.29) is 12.5 Å². The highest BCUT2D eigenvalue weighted by Gasteiger charge is 2.20. The summed E-state index contributed by atoms with van der Waals surface area (Å²) >= 11 is 0. The first kappa shape index (κ1) is 18.2. The molecule has 0 aliphatic carbocycles. The van der Waals surface area contributed by atoms with E-state index in [4.69, 9.17) is 9.15 Å². The van der Waals surface area contributed by atoms with Crippen LogP contribution in [0, 0.1) is 11.3 Å². The van der Waals surface area contributed by atoms with Gasteiger partial charge in [0, 0.05) is 38.9 Å². The maximum atomic E-state index is 12.0. The van der Waals surface area contributed by atoms with Gasteiger partial charge in [0.05, 0.1) is 18.2 Å². The standard InChI is InChI=1S/C20H23N3O3/c1-25-15-20(24)23-10-4-9-22(11-12-23)14-17-7-8-19(26-17)18-6-3-2-5-16(18)13-21/h2-3,5-8H,4,9-12,14-15H2,1H3. The van der Waals surface area contributed by atoms with E-state index in [0.29, 0.717) is 24.4 Å². The summed E-state index contributed by atoms with van der Waals surface area (Å²) in [5, 5.41) is 9.25. The van der Waals surface area contributed by atoms with Crippen molar-refractivity contribution in [3.8, 4) is 17.4 Å². The van der Waals surface area contributed by atoms with Crippen molar-refractivity contribution in [2.45, 2.75) is 13.0 Å². The van der Waals surface area contributed by atoms with Crippen molar-refractivity contribution in [1.82, 2.24) is 9.80 Å². The molecule has 0 spiro atoms. The van der Waals surface area contributed by atoms with Crippen LogP contribution in [0.5, 0.6) is 0 Å². The van der Waals surface area contributed by atoms with Crippen molar-refractivity contribution in [3.63, 3.8) is 0 Å². The number of hydrogen-bond donors (Lipinski definition) is 0. The van der Waals surface area contributed by atoms with Crippen LogP contribution in [-0.2, 0) is 16.1 Å². The lowest BCUT2D eigenvalue weighted by Crippen LogP contribution is -2.37. The molecule has 0 atom stereocenters. The van der Waals surface area contributed by atoms with Crippen molar-refractivity contribution in [2.75, 3.05) is 39.9 Å². The van der Waals surface area contributed by atoms with E-state index < -0.39 is 0 Å². The average molecular weight is 353 g/mol. The Labute approximate surface area is 153 Å². The molecule has 1 aromatic carbocycles. The third-order valence-electron chi connectivity index (χ3n) is 4.56. The molecule has 1 saturated heterocycles. The fourth-order valence-electron chi connectivity index (χ4n) is 3.22. The first-order valence-electron chi connectivity index (χ1n) is 8.78. The lowest BCUT2D eigenvalue weighted by atomic mass is 10.1. The van der Waals surface area contributed by atoms with Gasteiger partial charge in [-0.15, -0.1) is 0 Å². The number of nitriles is 1. The molecule has 0 saturated carbocycles. The van der Waals surface area contributed by atoms with Crippen LogP contribution in [0.4, 0.5) is 0 Å². The van der Waals surface area contributed by atoms with Gasteiger partial charge in [-0.1, -0.05) is 12.1 Å². The van der Waals surface area contributed by atoms with Gasteiger partial charge in [0.15, 0.2) is 0 Å². The summed E-state index contributed by atoms with van der Waals surface area (Å²) in [5.41, 5.74) is 1.42. The Bertz CT molecular complexity index is 794. The molecule has 6 heteroatoms. The minimum absolute atomic E-state index is 0.0442. The predicted molar refractivity (Wildman–Crippen MR) is 97.2 cm³/mol. The fourth-order valence-corrected chi connectivity index (χ4v) is 3.22. The maximum Gasteiger partial charge on any atom is 0.248 e. The normalized spacial score (nSPS) is 15.5. The molecule has 1 aliphatic rings. The topological polar surface area (TPSA) is 69.7 Å². The summed E-state index contributed by atoms with van der Waals surface area (Å²) in [6.07, 6.45) is 0.931. The Morgan fingerprint density at radius 3 is 2.85 bits per heavy atom. The minimum Gasteiger partial charge on any atom is -0.460 e. The molecule has 1 fully saturated rings. The van der Waals surface area contributed by atoms with E-state index in [0.717, 1.165) is 37.4 Å². The Morgan fingerprint density at radius 2 is 2.04 bits per heavy atom. The summed E-state index contributed by atoms with van der Waals surface area (Å²) in [6, 6.07) is 13.5. The third kappa shape index (κ3) is 4.31. The fraction of sp³-hybridized carbons (Fsp3) is 0.400. The highest BCUT2D eigenvalue weighted by molar-refractivity contribution is 5.77. The van der Waals surface area contributed by atoms with Crippen LogP contribution in [0.3, 0.4) is 0 Å². The van der Waals surface area contributed by atoms with Gasteiger partial charge in [0.1, 0.15) is 18.1 Å². The molecule has 1 aromatic heterocycles. The number of nitrogens with zero attached hydrogens (tertiary/aromatic N) is 3. The zero-order chi connectivity index (χ0) is 18.4. The summed E-state index contributed by atoms with van der Waals surface area (Å²) < 4.78 is 10.9. The van der Waals surface area contributed by atoms with Crippen LogP contribution in [0.25, 0.3) is 11.3 Å². The second-order valence-corrected chi connectivity index (χ2v) is 6.37. The number of carbonyl (C=O) groups excluding carboxylic acids is 1. The van der Waals surface area contributed by atoms with Crippen molar-refractivity contribution in [3.05, 3.63) is 47.7 Å². The smallest absolute Gasteiger partial charge is 0.248 e. The summed E-state index contributed by atoms with van der Waals surface area (Å²) in [5.74, 6) is 1.62. The first-order chi connectivity index (χ1) is 12.7. The van der Waals surface area contributed by atoms with Crippen molar-refractivity contribution in [2.24, 2.45) is 0 Å². The zero-order valence-corrected chi connectivity index (χ0v) is 15.0. The molecular weight excluding hydrogens is 330 g/mol. The number of amides is 1. The molecule has 0 radical (unpaired) electrons. The molecule has 1 aliphatic heterocycles. The lowest BCUT2D eigenvalue weighted by Gasteiger charge is -2.21. The van der Waals surface area contributed by atoms with Gasteiger partial charge in [-0.05, 0) is 30.7 Å². The van der Waals surface area contributed by atoms with Crippen LogP contribution in [0.15, 0.2) is 40.8 Å². The van der Waals surface area contributed by atoms with Gasteiger partial charge in [-0.25, -0.2) is 0 Å². The Hall–Kier alpha value is -2.62. The molecular formula is C20H23N3O3. The molecule has 3 rings (SSSR count). The van der Waals surface area contributed by atoms with Gasteiger partial charge >= 0.3 is 0 Å². The van der Waals surface area contributed by atoms with Gasteiger partial charge < -0.3 is 14.1 Å². The summed E-state index contributed by atoms with van der Waals surface area (Å²) in [7, 11) is 1.54. The maximum absolute atomic E-state index is 12.0. The van der Waals surface area contributed by atoms with Gasteiger partial charge in [-0.3, -0.25) is 9.69 Å². The van der Waals surface area contributed by atoms with Gasteiger partial charge in [0.25, 0.3) is 0 Å². The molecule has 0 N–H and O–H groups in total.